The van der Waals surface area contributed by atoms with E-state index in [1.54, 1.807) is 0 Å². The molecule has 0 atom stereocenters. The predicted octanol–water partition coefficient (Wildman–Crippen LogP) is 1.02. The number of amides is 2. The van der Waals surface area contributed by atoms with E-state index in [1.165, 1.54) is 0 Å². The quantitative estimate of drug-likeness (QED) is 0.646. The topological polar surface area (TPSA) is 71.1 Å². The van der Waals surface area contributed by atoms with Gasteiger partial charge in [-0.3, -0.25) is 14.5 Å². The summed E-state index contributed by atoms with van der Waals surface area (Å²) in [4.78, 5) is 28.8. The highest BCUT2D eigenvalue weighted by atomic mass is 16.5. The Morgan fingerprint density at radius 1 is 1.07 bits per heavy atom. The third-order valence-electron chi connectivity index (χ3n) is 5.96. The van der Waals surface area contributed by atoms with Crippen LogP contribution in [0.4, 0.5) is 0 Å². The van der Waals surface area contributed by atoms with Gasteiger partial charge < -0.3 is 19.7 Å². The first kappa shape index (κ1) is 20.6. The molecule has 2 aliphatic heterocycles. The third-order valence-corrected chi connectivity index (χ3v) is 5.96. The van der Waals surface area contributed by atoms with E-state index in [9.17, 15) is 9.59 Å². The maximum absolute atomic E-state index is 12.3. The molecule has 3 fully saturated rings. The molecule has 27 heavy (non-hydrogen) atoms. The normalized spacial score (nSPS) is 22.2. The lowest BCUT2D eigenvalue weighted by Crippen LogP contribution is -2.53. The second kappa shape index (κ2) is 10.4. The number of likely N-dealkylation sites (tertiary alicyclic amines) is 1. The van der Waals surface area contributed by atoms with Gasteiger partial charge in [0.15, 0.2) is 0 Å². The molecular weight excluding hydrogens is 346 g/mol. The van der Waals surface area contributed by atoms with Gasteiger partial charge >= 0.3 is 0 Å². The molecule has 2 amide bonds. The Labute approximate surface area is 162 Å². The molecular formula is C20H35N3O4. The van der Waals surface area contributed by atoms with Crippen LogP contribution in [0.25, 0.3) is 0 Å². The van der Waals surface area contributed by atoms with Crippen LogP contribution < -0.4 is 5.32 Å². The van der Waals surface area contributed by atoms with E-state index in [2.05, 4.69) is 15.1 Å². The lowest BCUT2D eigenvalue weighted by atomic mass is 9.97. The lowest BCUT2D eigenvalue weighted by molar-refractivity contribution is -0.134. The largest absolute Gasteiger partial charge is 0.381 e. The summed E-state index contributed by atoms with van der Waals surface area (Å²) in [6.07, 6.45) is 6.32. The van der Waals surface area contributed by atoms with E-state index < -0.39 is 0 Å². The molecule has 0 aromatic heterocycles. The van der Waals surface area contributed by atoms with Gasteiger partial charge in [-0.1, -0.05) is 0 Å². The Kier molecular flexibility index (Phi) is 7.91. The van der Waals surface area contributed by atoms with Crippen LogP contribution in [0.5, 0.6) is 0 Å². The summed E-state index contributed by atoms with van der Waals surface area (Å²) in [7, 11) is 0. The molecule has 7 heteroatoms. The molecule has 154 valence electrons. The molecule has 0 aromatic rings. The monoisotopic (exact) mass is 381 g/mol. The highest BCUT2D eigenvalue weighted by molar-refractivity contribution is 5.81. The molecule has 1 N–H and O–H groups in total. The minimum absolute atomic E-state index is 0.0476. The van der Waals surface area contributed by atoms with Crippen molar-refractivity contribution in [2.24, 2.45) is 5.92 Å². The molecule has 0 aromatic carbocycles. The minimum atomic E-state index is -0.0476. The van der Waals surface area contributed by atoms with Crippen LogP contribution in [-0.4, -0.2) is 86.3 Å². The van der Waals surface area contributed by atoms with E-state index >= 15 is 0 Å². The zero-order valence-corrected chi connectivity index (χ0v) is 16.7. The van der Waals surface area contributed by atoms with Crippen molar-refractivity contribution in [3.8, 4) is 0 Å². The van der Waals surface area contributed by atoms with Crippen LogP contribution in [0, 0.1) is 5.92 Å². The standard InChI is InChI=1S/C20H35N3O4/c1-2-26-15-19(24)21-9-12-23(18-7-13-27-14-8-18)17-5-10-22(11-6-17)20(25)16-3-4-16/h16-18H,2-15H2,1H3,(H,21,24). The van der Waals surface area contributed by atoms with Crippen molar-refractivity contribution in [3.63, 3.8) is 0 Å². The Hall–Kier alpha value is -1.18. The number of hydrogen-bond acceptors (Lipinski definition) is 5. The Balaban J connectivity index is 1.49. The number of rotatable bonds is 9. The summed E-state index contributed by atoms with van der Waals surface area (Å²) in [5.41, 5.74) is 0. The molecule has 2 saturated heterocycles. The van der Waals surface area contributed by atoms with Gasteiger partial charge in [-0.05, 0) is 45.4 Å². The van der Waals surface area contributed by atoms with E-state index in [0.29, 0.717) is 37.1 Å². The van der Waals surface area contributed by atoms with Gasteiger partial charge in [0.2, 0.25) is 11.8 Å². The van der Waals surface area contributed by atoms with Crippen molar-refractivity contribution in [1.82, 2.24) is 15.1 Å². The molecule has 1 saturated carbocycles. The summed E-state index contributed by atoms with van der Waals surface area (Å²) < 4.78 is 10.7. The zero-order valence-electron chi connectivity index (χ0n) is 16.7. The average Bonchev–Trinajstić information content (AvgIpc) is 3.55. The van der Waals surface area contributed by atoms with E-state index in [-0.39, 0.29) is 12.5 Å². The summed E-state index contributed by atoms with van der Waals surface area (Å²) in [6.45, 7) is 7.45. The fourth-order valence-corrected chi connectivity index (χ4v) is 4.26. The fraction of sp³-hybridized carbons (Fsp3) is 0.900. The highest BCUT2D eigenvalue weighted by Gasteiger charge is 2.36. The van der Waals surface area contributed by atoms with Crippen LogP contribution in [-0.2, 0) is 19.1 Å². The van der Waals surface area contributed by atoms with E-state index in [4.69, 9.17) is 9.47 Å². The number of nitrogens with one attached hydrogen (secondary N) is 1. The van der Waals surface area contributed by atoms with Gasteiger partial charge in [0, 0.05) is 64.0 Å². The smallest absolute Gasteiger partial charge is 0.246 e. The van der Waals surface area contributed by atoms with Crippen molar-refractivity contribution in [2.45, 2.75) is 57.5 Å². The summed E-state index contributed by atoms with van der Waals surface area (Å²) in [6, 6.07) is 0.998. The van der Waals surface area contributed by atoms with Crippen LogP contribution in [0.1, 0.15) is 45.4 Å². The van der Waals surface area contributed by atoms with Crippen LogP contribution in [0.3, 0.4) is 0 Å². The fourth-order valence-electron chi connectivity index (χ4n) is 4.26. The van der Waals surface area contributed by atoms with Crippen molar-refractivity contribution < 1.29 is 19.1 Å². The number of nitrogens with zero attached hydrogens (tertiary/aromatic N) is 2. The van der Waals surface area contributed by atoms with Crippen molar-refractivity contribution >= 4 is 11.8 Å². The van der Waals surface area contributed by atoms with Gasteiger partial charge in [0.05, 0.1) is 0 Å². The zero-order chi connectivity index (χ0) is 19.1. The molecule has 7 nitrogen and oxygen atoms in total. The van der Waals surface area contributed by atoms with Crippen molar-refractivity contribution in [2.75, 3.05) is 52.6 Å². The third kappa shape index (κ3) is 6.16. The number of carbonyl (C=O) groups excluding carboxylic acids is 2. The second-order valence-electron chi connectivity index (χ2n) is 7.90. The predicted molar refractivity (Wildman–Crippen MR) is 102 cm³/mol. The Morgan fingerprint density at radius 3 is 2.37 bits per heavy atom. The van der Waals surface area contributed by atoms with Crippen LogP contribution >= 0.6 is 0 Å². The summed E-state index contributed by atoms with van der Waals surface area (Å²) in [5.74, 6) is 0.636. The number of ether oxygens (including phenoxy) is 2. The molecule has 3 aliphatic rings. The van der Waals surface area contributed by atoms with Gasteiger partial charge in [0.1, 0.15) is 6.61 Å². The van der Waals surface area contributed by atoms with Crippen LogP contribution in [0.2, 0.25) is 0 Å². The Morgan fingerprint density at radius 2 is 1.74 bits per heavy atom. The average molecular weight is 382 g/mol. The minimum Gasteiger partial charge on any atom is -0.381 e. The molecule has 1 aliphatic carbocycles. The van der Waals surface area contributed by atoms with Gasteiger partial charge in [-0.2, -0.15) is 0 Å². The highest BCUT2D eigenvalue weighted by Crippen LogP contribution is 2.32. The van der Waals surface area contributed by atoms with E-state index in [1.807, 2.05) is 6.92 Å². The molecule has 3 rings (SSSR count). The summed E-state index contributed by atoms with van der Waals surface area (Å²) >= 11 is 0. The van der Waals surface area contributed by atoms with Gasteiger partial charge in [0.25, 0.3) is 0 Å². The maximum Gasteiger partial charge on any atom is 0.246 e. The number of carbonyl (C=O) groups is 2. The molecule has 0 bridgehead atoms. The van der Waals surface area contributed by atoms with Crippen LogP contribution in [0.15, 0.2) is 0 Å². The first-order valence-electron chi connectivity index (χ1n) is 10.7. The number of piperidine rings is 1. The lowest BCUT2D eigenvalue weighted by Gasteiger charge is -2.43. The van der Waals surface area contributed by atoms with Gasteiger partial charge in [-0.15, -0.1) is 0 Å². The molecule has 0 radical (unpaired) electrons. The molecule has 2 heterocycles. The van der Waals surface area contributed by atoms with E-state index in [0.717, 1.165) is 71.4 Å². The first-order chi connectivity index (χ1) is 13.2. The maximum atomic E-state index is 12.3. The second-order valence-corrected chi connectivity index (χ2v) is 7.90. The Bertz CT molecular complexity index is 484. The summed E-state index contributed by atoms with van der Waals surface area (Å²) in [5, 5.41) is 2.97. The van der Waals surface area contributed by atoms with Crippen molar-refractivity contribution in [1.29, 1.82) is 0 Å². The van der Waals surface area contributed by atoms with Gasteiger partial charge in [-0.25, -0.2) is 0 Å². The molecule has 0 unspecified atom stereocenters. The molecule has 0 spiro atoms. The first-order valence-corrected chi connectivity index (χ1v) is 10.7. The number of hydrogen-bond donors (Lipinski definition) is 1. The van der Waals surface area contributed by atoms with Crippen molar-refractivity contribution in [3.05, 3.63) is 0 Å². The SMILES string of the molecule is CCOCC(=O)NCCN(C1CCOCC1)C1CCN(C(=O)C2CC2)CC1.